The first kappa shape index (κ1) is 11.5. The molecular formula is C11H16N2O2. The Labute approximate surface area is 89.3 Å². The molecule has 0 saturated heterocycles. The van der Waals surface area contributed by atoms with Crippen molar-refractivity contribution in [3.63, 3.8) is 0 Å². The summed E-state index contributed by atoms with van der Waals surface area (Å²) in [4.78, 5) is 15.0. The molecule has 4 heteroatoms. The van der Waals surface area contributed by atoms with Gasteiger partial charge in [-0.05, 0) is 32.4 Å². The molecule has 0 bridgehead atoms. The SMILES string of the molecule is Cc1ccc(NCC(C)(C)C(=O)O)nc1. The maximum Gasteiger partial charge on any atom is 0.310 e. The molecule has 0 unspecified atom stereocenters. The number of rotatable bonds is 4. The first-order valence-electron chi connectivity index (χ1n) is 4.82. The summed E-state index contributed by atoms with van der Waals surface area (Å²) in [6.45, 7) is 5.67. The third-order valence-electron chi connectivity index (χ3n) is 2.20. The van der Waals surface area contributed by atoms with Crippen molar-refractivity contribution < 1.29 is 9.90 Å². The zero-order chi connectivity index (χ0) is 11.5. The normalized spacial score (nSPS) is 11.1. The van der Waals surface area contributed by atoms with Gasteiger partial charge in [-0.3, -0.25) is 4.79 Å². The van der Waals surface area contributed by atoms with E-state index in [2.05, 4.69) is 10.3 Å². The van der Waals surface area contributed by atoms with Crippen molar-refractivity contribution in [1.82, 2.24) is 4.98 Å². The molecule has 4 nitrogen and oxygen atoms in total. The van der Waals surface area contributed by atoms with Gasteiger partial charge in [0.05, 0.1) is 5.41 Å². The van der Waals surface area contributed by atoms with Crippen LogP contribution in [0.2, 0.25) is 0 Å². The fourth-order valence-electron chi connectivity index (χ4n) is 0.960. The molecule has 0 atom stereocenters. The quantitative estimate of drug-likeness (QED) is 0.793. The molecule has 0 aliphatic rings. The summed E-state index contributed by atoms with van der Waals surface area (Å²) in [5.74, 6) is -0.114. The van der Waals surface area contributed by atoms with Gasteiger partial charge < -0.3 is 10.4 Å². The lowest BCUT2D eigenvalue weighted by Crippen LogP contribution is -2.31. The Kier molecular flexibility index (Phi) is 3.29. The highest BCUT2D eigenvalue weighted by atomic mass is 16.4. The van der Waals surface area contributed by atoms with Crippen LogP contribution >= 0.6 is 0 Å². The summed E-state index contributed by atoms with van der Waals surface area (Å²) >= 11 is 0. The van der Waals surface area contributed by atoms with E-state index in [4.69, 9.17) is 5.11 Å². The third-order valence-corrected chi connectivity index (χ3v) is 2.20. The molecule has 0 aliphatic carbocycles. The largest absolute Gasteiger partial charge is 0.481 e. The standard InChI is InChI=1S/C11H16N2O2/c1-8-4-5-9(12-6-8)13-7-11(2,3)10(14)15/h4-6H,7H2,1-3H3,(H,12,13)(H,14,15). The Morgan fingerprint density at radius 1 is 1.53 bits per heavy atom. The molecule has 15 heavy (non-hydrogen) atoms. The number of nitrogens with zero attached hydrogens (tertiary/aromatic N) is 1. The Morgan fingerprint density at radius 3 is 2.67 bits per heavy atom. The molecule has 0 spiro atoms. The van der Waals surface area contributed by atoms with Crippen LogP contribution in [0.5, 0.6) is 0 Å². The van der Waals surface area contributed by atoms with Gasteiger partial charge in [-0.15, -0.1) is 0 Å². The number of hydrogen-bond acceptors (Lipinski definition) is 3. The number of carboxylic acids is 1. The van der Waals surface area contributed by atoms with Crippen LogP contribution in [0.4, 0.5) is 5.82 Å². The minimum Gasteiger partial charge on any atom is -0.481 e. The van der Waals surface area contributed by atoms with Gasteiger partial charge in [-0.25, -0.2) is 4.98 Å². The average molecular weight is 208 g/mol. The van der Waals surface area contributed by atoms with Crippen molar-refractivity contribution in [2.45, 2.75) is 20.8 Å². The highest BCUT2D eigenvalue weighted by Gasteiger charge is 2.26. The molecule has 0 aromatic carbocycles. The summed E-state index contributed by atoms with van der Waals surface area (Å²) in [5, 5.41) is 11.9. The van der Waals surface area contributed by atoms with E-state index in [0.29, 0.717) is 12.4 Å². The number of aromatic nitrogens is 1. The molecular weight excluding hydrogens is 192 g/mol. The number of pyridine rings is 1. The number of anilines is 1. The lowest BCUT2D eigenvalue weighted by Gasteiger charge is -2.19. The molecule has 0 amide bonds. The molecule has 1 heterocycles. The van der Waals surface area contributed by atoms with E-state index in [9.17, 15) is 4.79 Å². The molecule has 1 aromatic heterocycles. The van der Waals surface area contributed by atoms with Gasteiger partial charge in [0.2, 0.25) is 0 Å². The van der Waals surface area contributed by atoms with E-state index >= 15 is 0 Å². The van der Waals surface area contributed by atoms with Gasteiger partial charge in [-0.2, -0.15) is 0 Å². The zero-order valence-electron chi connectivity index (χ0n) is 9.24. The van der Waals surface area contributed by atoms with Gasteiger partial charge >= 0.3 is 5.97 Å². The number of carbonyl (C=O) groups is 1. The lowest BCUT2D eigenvalue weighted by atomic mass is 9.94. The lowest BCUT2D eigenvalue weighted by molar-refractivity contribution is -0.146. The minimum atomic E-state index is -0.817. The van der Waals surface area contributed by atoms with E-state index in [1.807, 2.05) is 19.1 Å². The Bertz CT molecular complexity index is 344. The molecule has 0 radical (unpaired) electrons. The number of carboxylic acid groups (broad SMARTS) is 1. The van der Waals surface area contributed by atoms with Crippen molar-refractivity contribution in [3.8, 4) is 0 Å². The van der Waals surface area contributed by atoms with Crippen molar-refractivity contribution in [3.05, 3.63) is 23.9 Å². The number of aryl methyl sites for hydroxylation is 1. The first-order chi connectivity index (χ1) is 6.92. The van der Waals surface area contributed by atoms with E-state index in [0.717, 1.165) is 5.56 Å². The maximum atomic E-state index is 10.8. The topological polar surface area (TPSA) is 62.2 Å². The number of aliphatic carboxylic acids is 1. The van der Waals surface area contributed by atoms with Crippen LogP contribution < -0.4 is 5.32 Å². The van der Waals surface area contributed by atoms with Crippen LogP contribution in [0.3, 0.4) is 0 Å². The van der Waals surface area contributed by atoms with Crippen LogP contribution in [0.25, 0.3) is 0 Å². The van der Waals surface area contributed by atoms with Crippen LogP contribution in [0, 0.1) is 12.3 Å². The average Bonchev–Trinajstić information content (AvgIpc) is 2.17. The summed E-state index contributed by atoms with van der Waals surface area (Å²) in [5.41, 5.74) is 0.296. The van der Waals surface area contributed by atoms with Gasteiger partial charge in [0.1, 0.15) is 5.82 Å². The van der Waals surface area contributed by atoms with Gasteiger partial charge in [0, 0.05) is 12.7 Å². The van der Waals surface area contributed by atoms with E-state index < -0.39 is 11.4 Å². The van der Waals surface area contributed by atoms with Crippen molar-refractivity contribution in [1.29, 1.82) is 0 Å². The summed E-state index contributed by atoms with van der Waals surface area (Å²) in [6.07, 6.45) is 1.75. The van der Waals surface area contributed by atoms with Crippen molar-refractivity contribution >= 4 is 11.8 Å². The van der Waals surface area contributed by atoms with E-state index in [1.165, 1.54) is 0 Å². The van der Waals surface area contributed by atoms with Gasteiger partial charge in [0.15, 0.2) is 0 Å². The first-order valence-corrected chi connectivity index (χ1v) is 4.82. The summed E-state index contributed by atoms with van der Waals surface area (Å²) < 4.78 is 0. The minimum absolute atomic E-state index is 0.360. The van der Waals surface area contributed by atoms with Crippen LogP contribution in [-0.4, -0.2) is 22.6 Å². The van der Waals surface area contributed by atoms with Crippen LogP contribution in [0.1, 0.15) is 19.4 Å². The molecule has 0 fully saturated rings. The number of hydrogen-bond donors (Lipinski definition) is 2. The molecule has 1 aromatic rings. The fourth-order valence-corrected chi connectivity index (χ4v) is 0.960. The smallest absolute Gasteiger partial charge is 0.310 e. The molecule has 1 rings (SSSR count). The predicted octanol–water partition coefficient (Wildman–Crippen LogP) is 1.91. The second-order valence-electron chi connectivity index (χ2n) is 4.26. The van der Waals surface area contributed by atoms with Gasteiger partial charge in [0.25, 0.3) is 0 Å². The molecule has 2 N–H and O–H groups in total. The molecule has 0 saturated carbocycles. The second-order valence-corrected chi connectivity index (χ2v) is 4.26. The predicted molar refractivity (Wildman–Crippen MR) is 58.9 cm³/mol. The van der Waals surface area contributed by atoms with Crippen molar-refractivity contribution in [2.75, 3.05) is 11.9 Å². The Hall–Kier alpha value is -1.58. The maximum absolute atomic E-state index is 10.8. The zero-order valence-corrected chi connectivity index (χ0v) is 9.24. The highest BCUT2D eigenvalue weighted by molar-refractivity contribution is 5.74. The molecule has 0 aliphatic heterocycles. The second kappa shape index (κ2) is 4.29. The van der Waals surface area contributed by atoms with Gasteiger partial charge in [-0.1, -0.05) is 6.07 Å². The Balaban J connectivity index is 2.57. The Morgan fingerprint density at radius 2 is 2.20 bits per heavy atom. The monoisotopic (exact) mass is 208 g/mol. The van der Waals surface area contributed by atoms with E-state index in [1.54, 1.807) is 20.0 Å². The number of nitrogens with one attached hydrogen (secondary N) is 1. The van der Waals surface area contributed by atoms with Crippen molar-refractivity contribution in [2.24, 2.45) is 5.41 Å². The third kappa shape index (κ3) is 3.23. The summed E-state index contributed by atoms with van der Waals surface area (Å²) in [6, 6.07) is 3.77. The van der Waals surface area contributed by atoms with Crippen LogP contribution in [-0.2, 0) is 4.79 Å². The van der Waals surface area contributed by atoms with Crippen LogP contribution in [0.15, 0.2) is 18.3 Å². The molecule has 82 valence electrons. The summed E-state index contributed by atoms with van der Waals surface area (Å²) in [7, 11) is 0. The highest BCUT2D eigenvalue weighted by Crippen LogP contribution is 2.16. The fraction of sp³-hybridized carbons (Fsp3) is 0.455. The van der Waals surface area contributed by atoms with E-state index in [-0.39, 0.29) is 0 Å².